The standard InChI is InChI=1S/C33H33N5O5/c1-21-31-37(28(17-30(40)41)32(42)36(21)19-25-14-8-12-23-10-4-6-16-27(23)25)29(39)20-35(2)38(31)33(43)34-18-24-13-7-11-22-9-3-5-15-26(22)24/h3-16,21,28,31H,17-20H2,1-2H3,(H,34,43)(H,40,41)/t21-,28-,31-/m0/s1. The van der Waals surface area contributed by atoms with E-state index in [0.717, 1.165) is 32.7 Å². The van der Waals surface area contributed by atoms with Gasteiger partial charge < -0.3 is 20.2 Å². The lowest BCUT2D eigenvalue weighted by molar-refractivity contribution is -0.197. The molecule has 4 aromatic carbocycles. The maximum Gasteiger partial charge on any atom is 0.334 e. The largest absolute Gasteiger partial charge is 0.481 e. The molecule has 2 aliphatic heterocycles. The number of nitrogens with zero attached hydrogens (tertiary/aromatic N) is 4. The van der Waals surface area contributed by atoms with Gasteiger partial charge in [-0.1, -0.05) is 84.9 Å². The number of carboxylic acids is 1. The molecule has 4 aromatic rings. The first-order valence-electron chi connectivity index (χ1n) is 14.3. The highest BCUT2D eigenvalue weighted by atomic mass is 16.4. The minimum absolute atomic E-state index is 0.169. The van der Waals surface area contributed by atoms with Crippen LogP contribution in [0.25, 0.3) is 21.5 Å². The molecular formula is C33H33N5O5. The Kier molecular flexibility index (Phi) is 7.45. The van der Waals surface area contributed by atoms with Gasteiger partial charge in [0.2, 0.25) is 11.8 Å². The van der Waals surface area contributed by atoms with E-state index < -0.39 is 48.5 Å². The van der Waals surface area contributed by atoms with E-state index in [0.29, 0.717) is 0 Å². The van der Waals surface area contributed by atoms with Crippen LogP contribution < -0.4 is 5.32 Å². The van der Waals surface area contributed by atoms with Gasteiger partial charge in [0.15, 0.2) is 0 Å². The van der Waals surface area contributed by atoms with Crippen molar-refractivity contribution in [3.63, 3.8) is 0 Å². The van der Waals surface area contributed by atoms with Crippen molar-refractivity contribution in [3.05, 3.63) is 96.1 Å². The molecule has 10 nitrogen and oxygen atoms in total. The SMILES string of the molecule is C[C@H]1[C@H]2N(C(=O)CN(C)N2C(=O)NCc2cccc3ccccc23)[C@@H](CC(=O)O)C(=O)N1Cc1cccc2ccccc12. The van der Waals surface area contributed by atoms with Crippen molar-refractivity contribution in [3.8, 4) is 0 Å². The van der Waals surface area contributed by atoms with Gasteiger partial charge in [0.1, 0.15) is 12.2 Å². The summed E-state index contributed by atoms with van der Waals surface area (Å²) in [6.45, 7) is 2.08. The Hall–Kier alpha value is -4.96. The predicted octanol–water partition coefficient (Wildman–Crippen LogP) is 3.79. The molecule has 2 fully saturated rings. The maximum absolute atomic E-state index is 13.9. The number of carboxylic acid groups (broad SMARTS) is 1. The smallest absolute Gasteiger partial charge is 0.334 e. The number of hydrogen-bond acceptors (Lipinski definition) is 5. The molecule has 2 heterocycles. The van der Waals surface area contributed by atoms with Crippen LogP contribution in [-0.2, 0) is 27.5 Å². The van der Waals surface area contributed by atoms with E-state index in [1.54, 1.807) is 23.9 Å². The highest BCUT2D eigenvalue weighted by Crippen LogP contribution is 2.33. The molecular weight excluding hydrogens is 546 g/mol. The first kappa shape index (κ1) is 28.2. The van der Waals surface area contributed by atoms with Gasteiger partial charge in [0.25, 0.3) is 0 Å². The van der Waals surface area contributed by atoms with E-state index in [1.165, 1.54) is 9.91 Å². The number of carbonyl (C=O) groups is 4. The highest BCUT2D eigenvalue weighted by Gasteiger charge is 2.54. The predicted molar refractivity (Wildman–Crippen MR) is 161 cm³/mol. The van der Waals surface area contributed by atoms with E-state index in [1.807, 2.05) is 84.9 Å². The molecule has 43 heavy (non-hydrogen) atoms. The van der Waals surface area contributed by atoms with Crippen LogP contribution in [-0.4, -0.2) is 80.6 Å². The fraction of sp³-hybridized carbons (Fsp3) is 0.273. The number of hydrazine groups is 1. The van der Waals surface area contributed by atoms with Crippen LogP contribution in [0, 0.1) is 0 Å². The quantitative estimate of drug-likeness (QED) is 0.359. The zero-order valence-electron chi connectivity index (χ0n) is 24.0. The molecule has 220 valence electrons. The van der Waals surface area contributed by atoms with Crippen molar-refractivity contribution >= 4 is 45.4 Å². The number of aliphatic carboxylic acids is 1. The van der Waals surface area contributed by atoms with Crippen molar-refractivity contribution in [2.75, 3.05) is 13.6 Å². The summed E-state index contributed by atoms with van der Waals surface area (Å²) in [7, 11) is 1.65. The molecule has 0 radical (unpaired) electrons. The van der Waals surface area contributed by atoms with E-state index in [9.17, 15) is 24.3 Å². The van der Waals surface area contributed by atoms with E-state index in [2.05, 4.69) is 5.32 Å². The van der Waals surface area contributed by atoms with Crippen LogP contribution in [0.4, 0.5) is 4.79 Å². The fourth-order valence-corrected chi connectivity index (χ4v) is 6.45. The molecule has 0 aromatic heterocycles. The summed E-state index contributed by atoms with van der Waals surface area (Å²) in [5.74, 6) is -2.05. The molecule has 2 saturated heterocycles. The molecule has 4 amide bonds. The van der Waals surface area contributed by atoms with Crippen LogP contribution in [0.15, 0.2) is 84.9 Å². The minimum Gasteiger partial charge on any atom is -0.481 e. The number of nitrogens with one attached hydrogen (secondary N) is 1. The lowest BCUT2D eigenvalue weighted by Crippen LogP contribution is -2.78. The molecule has 3 atom stereocenters. The summed E-state index contributed by atoms with van der Waals surface area (Å²) in [4.78, 5) is 56.1. The van der Waals surface area contributed by atoms with Gasteiger partial charge in [-0.05, 0) is 39.6 Å². The van der Waals surface area contributed by atoms with Crippen molar-refractivity contribution in [1.29, 1.82) is 0 Å². The van der Waals surface area contributed by atoms with Crippen LogP contribution in [0.5, 0.6) is 0 Å². The number of urea groups is 1. The molecule has 0 aliphatic carbocycles. The molecule has 0 unspecified atom stereocenters. The van der Waals surface area contributed by atoms with Crippen molar-refractivity contribution < 1.29 is 24.3 Å². The normalized spacial score (nSPS) is 20.9. The monoisotopic (exact) mass is 579 g/mol. The molecule has 0 saturated carbocycles. The molecule has 10 heteroatoms. The van der Waals surface area contributed by atoms with E-state index >= 15 is 0 Å². The van der Waals surface area contributed by atoms with Gasteiger partial charge in [-0.3, -0.25) is 14.4 Å². The average Bonchev–Trinajstić information content (AvgIpc) is 3.00. The third-order valence-electron chi connectivity index (χ3n) is 8.49. The first-order valence-corrected chi connectivity index (χ1v) is 14.3. The van der Waals surface area contributed by atoms with E-state index in [4.69, 9.17) is 0 Å². The summed E-state index contributed by atoms with van der Waals surface area (Å²) in [6, 6.07) is 25.2. The van der Waals surface area contributed by atoms with Gasteiger partial charge in [0.05, 0.1) is 19.0 Å². The summed E-state index contributed by atoms with van der Waals surface area (Å²) < 4.78 is 0. The lowest BCUT2D eigenvalue weighted by atomic mass is 9.96. The van der Waals surface area contributed by atoms with Crippen molar-refractivity contribution in [2.24, 2.45) is 0 Å². The Balaban J connectivity index is 1.34. The van der Waals surface area contributed by atoms with Crippen LogP contribution in [0.2, 0.25) is 0 Å². The van der Waals surface area contributed by atoms with Crippen LogP contribution >= 0.6 is 0 Å². The Labute approximate surface area is 249 Å². The van der Waals surface area contributed by atoms with Gasteiger partial charge in [-0.15, -0.1) is 0 Å². The van der Waals surface area contributed by atoms with Gasteiger partial charge in [-0.2, -0.15) is 0 Å². The zero-order valence-corrected chi connectivity index (χ0v) is 24.0. The first-order chi connectivity index (χ1) is 20.7. The second-order valence-corrected chi connectivity index (χ2v) is 11.1. The Morgan fingerprint density at radius 1 is 0.860 bits per heavy atom. The summed E-state index contributed by atoms with van der Waals surface area (Å²) in [5.41, 5.74) is 1.83. The number of hydrogen-bond donors (Lipinski definition) is 2. The van der Waals surface area contributed by atoms with Gasteiger partial charge in [-0.25, -0.2) is 14.8 Å². The second kappa shape index (κ2) is 11.4. The van der Waals surface area contributed by atoms with Crippen molar-refractivity contribution in [1.82, 2.24) is 25.1 Å². The third-order valence-corrected chi connectivity index (χ3v) is 8.49. The summed E-state index contributed by atoms with van der Waals surface area (Å²) in [6.07, 6.45) is -1.47. The summed E-state index contributed by atoms with van der Waals surface area (Å²) in [5, 5.41) is 19.8. The topological polar surface area (TPSA) is 114 Å². The van der Waals surface area contributed by atoms with Crippen molar-refractivity contribution in [2.45, 2.75) is 44.7 Å². The Bertz CT molecular complexity index is 1730. The Morgan fingerprint density at radius 3 is 2.09 bits per heavy atom. The zero-order chi connectivity index (χ0) is 30.2. The van der Waals surface area contributed by atoms with Crippen LogP contribution in [0.1, 0.15) is 24.5 Å². The number of fused-ring (bicyclic) bond motifs is 3. The number of amides is 4. The number of piperazine rings is 1. The molecule has 6 rings (SSSR count). The highest BCUT2D eigenvalue weighted by molar-refractivity contribution is 5.94. The third kappa shape index (κ3) is 5.14. The molecule has 2 N–H and O–H groups in total. The number of carbonyl (C=O) groups excluding carboxylic acids is 3. The van der Waals surface area contributed by atoms with E-state index in [-0.39, 0.29) is 19.6 Å². The van der Waals surface area contributed by atoms with Gasteiger partial charge >= 0.3 is 12.0 Å². The lowest BCUT2D eigenvalue weighted by Gasteiger charge is -2.57. The summed E-state index contributed by atoms with van der Waals surface area (Å²) >= 11 is 0. The number of likely N-dealkylation sites (N-methyl/N-ethyl adjacent to an activating group) is 1. The molecule has 0 spiro atoms. The number of benzene rings is 4. The maximum atomic E-state index is 13.9. The average molecular weight is 580 g/mol. The second-order valence-electron chi connectivity index (χ2n) is 11.1. The molecule has 0 bridgehead atoms. The molecule has 2 aliphatic rings. The van der Waals surface area contributed by atoms with Gasteiger partial charge in [0, 0.05) is 20.1 Å². The Morgan fingerprint density at radius 2 is 1.44 bits per heavy atom. The van der Waals surface area contributed by atoms with Crippen LogP contribution in [0.3, 0.4) is 0 Å². The minimum atomic E-state index is -1.25. The fourth-order valence-electron chi connectivity index (χ4n) is 6.45. The number of rotatable bonds is 6.